The van der Waals surface area contributed by atoms with Gasteiger partial charge in [0, 0.05) is 55.4 Å². The first-order valence-corrected chi connectivity index (χ1v) is 6.70. The molecule has 0 saturated carbocycles. The summed E-state index contributed by atoms with van der Waals surface area (Å²) in [6.45, 7) is 4.21. The predicted octanol–water partition coefficient (Wildman–Crippen LogP) is 0.693. The molecule has 0 aliphatic carbocycles. The Bertz CT molecular complexity index is 545. The Hall–Kier alpha value is -1.40. The van der Waals surface area contributed by atoms with Gasteiger partial charge in [0.25, 0.3) is 0 Å². The molecule has 2 heterocycles. The smallest absolute Gasteiger partial charge is 0.0937 e. The molecule has 1 atom stereocenters. The molecule has 1 aliphatic rings. The Morgan fingerprint density at radius 1 is 1.21 bits per heavy atom. The van der Waals surface area contributed by atoms with Crippen LogP contribution in [0.1, 0.15) is 11.7 Å². The number of hydrogen-bond acceptors (Lipinski definition) is 4. The Balaban J connectivity index is 1.71. The van der Waals surface area contributed by atoms with Crippen molar-refractivity contribution in [3.63, 3.8) is 0 Å². The maximum absolute atomic E-state index is 10.4. The van der Waals surface area contributed by atoms with Crippen LogP contribution in [0.5, 0.6) is 0 Å². The molecule has 0 spiro atoms. The Kier molecular flexibility index (Phi) is 3.52. The van der Waals surface area contributed by atoms with Crippen molar-refractivity contribution < 1.29 is 5.11 Å². The fourth-order valence-electron chi connectivity index (χ4n) is 2.66. The summed E-state index contributed by atoms with van der Waals surface area (Å²) in [5, 5.41) is 13.4. The fraction of sp³-hybridized carbons (Fsp3) is 0.429. The van der Waals surface area contributed by atoms with Gasteiger partial charge in [0.2, 0.25) is 0 Å². The molecule has 0 bridgehead atoms. The second kappa shape index (κ2) is 5.30. The minimum Gasteiger partial charge on any atom is -0.387 e. The molecule has 5 nitrogen and oxygen atoms in total. The lowest BCUT2D eigenvalue weighted by Crippen LogP contribution is -2.50. The first-order valence-electron chi connectivity index (χ1n) is 6.70. The number of nitrogens with one attached hydrogen (secondary N) is 1. The maximum Gasteiger partial charge on any atom is 0.0937 e. The summed E-state index contributed by atoms with van der Waals surface area (Å²) >= 11 is 0. The molecule has 4 N–H and O–H groups in total. The predicted molar refractivity (Wildman–Crippen MR) is 75.5 cm³/mol. The first kappa shape index (κ1) is 12.6. The van der Waals surface area contributed by atoms with E-state index in [-0.39, 0.29) is 0 Å². The number of nitrogens with zero attached hydrogens (tertiary/aromatic N) is 2. The third kappa shape index (κ3) is 2.64. The van der Waals surface area contributed by atoms with E-state index in [0.29, 0.717) is 6.54 Å². The number of fused-ring (bicyclic) bond motifs is 1. The average Bonchev–Trinajstić information content (AvgIpc) is 2.85. The monoisotopic (exact) mass is 260 g/mol. The molecule has 3 rings (SSSR count). The quantitative estimate of drug-likeness (QED) is 0.710. The van der Waals surface area contributed by atoms with Crippen molar-refractivity contribution in [1.82, 2.24) is 14.9 Å². The highest BCUT2D eigenvalue weighted by molar-refractivity contribution is 5.83. The van der Waals surface area contributed by atoms with Crippen molar-refractivity contribution in [2.24, 2.45) is 5.84 Å². The number of rotatable bonds is 3. The van der Waals surface area contributed by atoms with Crippen LogP contribution in [0.3, 0.4) is 0 Å². The Morgan fingerprint density at radius 2 is 1.95 bits per heavy atom. The molecule has 2 aromatic rings. The third-order valence-electron chi connectivity index (χ3n) is 3.82. The number of benzene rings is 1. The van der Waals surface area contributed by atoms with Crippen LogP contribution in [-0.2, 0) is 0 Å². The zero-order valence-electron chi connectivity index (χ0n) is 10.9. The molecule has 5 heteroatoms. The molecule has 102 valence electrons. The Labute approximate surface area is 112 Å². The number of aromatic amines is 1. The van der Waals surface area contributed by atoms with Crippen molar-refractivity contribution in [2.75, 3.05) is 32.7 Å². The number of H-pyrrole nitrogens is 1. The van der Waals surface area contributed by atoms with Gasteiger partial charge in [-0.15, -0.1) is 0 Å². The van der Waals surface area contributed by atoms with E-state index in [9.17, 15) is 5.11 Å². The van der Waals surface area contributed by atoms with Gasteiger partial charge in [0.1, 0.15) is 0 Å². The van der Waals surface area contributed by atoms with E-state index in [4.69, 9.17) is 5.84 Å². The summed E-state index contributed by atoms with van der Waals surface area (Å²) in [7, 11) is 0. The van der Waals surface area contributed by atoms with Crippen LogP contribution in [0.4, 0.5) is 0 Å². The third-order valence-corrected chi connectivity index (χ3v) is 3.82. The number of hydrogen-bond donors (Lipinski definition) is 3. The summed E-state index contributed by atoms with van der Waals surface area (Å²) in [5.74, 6) is 5.74. The van der Waals surface area contributed by atoms with Gasteiger partial charge in [0.15, 0.2) is 0 Å². The summed E-state index contributed by atoms with van der Waals surface area (Å²) in [6.07, 6.45) is 1.45. The van der Waals surface area contributed by atoms with Crippen molar-refractivity contribution in [3.8, 4) is 0 Å². The lowest BCUT2D eigenvalue weighted by atomic mass is 10.1. The standard InChI is InChI=1S/C14H20N4O/c15-18-7-5-17(6-8-18)10-14(19)12-9-16-13-4-2-1-3-11(12)13/h1-4,9,14,16,19H,5-8,10,15H2/t14-/m1/s1. The largest absolute Gasteiger partial charge is 0.387 e. The van der Waals surface area contributed by atoms with Gasteiger partial charge in [-0.2, -0.15) is 0 Å². The number of hydrazine groups is 1. The van der Waals surface area contributed by atoms with Crippen LogP contribution >= 0.6 is 0 Å². The van der Waals surface area contributed by atoms with Gasteiger partial charge in [-0.05, 0) is 6.07 Å². The molecule has 0 amide bonds. The molecular formula is C14H20N4O. The van der Waals surface area contributed by atoms with E-state index in [0.717, 1.165) is 42.6 Å². The minimum atomic E-state index is -0.458. The zero-order valence-corrected chi connectivity index (χ0v) is 10.9. The van der Waals surface area contributed by atoms with Crippen molar-refractivity contribution in [2.45, 2.75) is 6.10 Å². The van der Waals surface area contributed by atoms with Crippen molar-refractivity contribution >= 4 is 10.9 Å². The molecule has 1 fully saturated rings. The van der Waals surface area contributed by atoms with Gasteiger partial charge in [-0.1, -0.05) is 18.2 Å². The van der Waals surface area contributed by atoms with E-state index < -0.39 is 6.10 Å². The van der Waals surface area contributed by atoms with E-state index in [2.05, 4.69) is 9.88 Å². The molecule has 19 heavy (non-hydrogen) atoms. The van der Waals surface area contributed by atoms with Crippen LogP contribution < -0.4 is 5.84 Å². The molecule has 0 radical (unpaired) electrons. The highest BCUT2D eigenvalue weighted by Gasteiger charge is 2.19. The van der Waals surface area contributed by atoms with E-state index in [1.165, 1.54) is 0 Å². The summed E-state index contributed by atoms with van der Waals surface area (Å²) < 4.78 is 0. The normalized spacial score (nSPS) is 19.9. The lowest BCUT2D eigenvalue weighted by molar-refractivity contribution is 0.0733. The number of piperazine rings is 1. The highest BCUT2D eigenvalue weighted by atomic mass is 16.3. The topological polar surface area (TPSA) is 68.5 Å². The molecule has 1 aliphatic heterocycles. The molecule has 0 unspecified atom stereocenters. The number of aliphatic hydroxyl groups excluding tert-OH is 1. The molecule has 1 saturated heterocycles. The van der Waals surface area contributed by atoms with E-state index >= 15 is 0 Å². The highest BCUT2D eigenvalue weighted by Crippen LogP contribution is 2.24. The zero-order chi connectivity index (χ0) is 13.2. The maximum atomic E-state index is 10.4. The van der Waals surface area contributed by atoms with Crippen LogP contribution in [0.25, 0.3) is 10.9 Å². The van der Waals surface area contributed by atoms with E-state index in [1.54, 1.807) is 0 Å². The SMILES string of the molecule is NN1CCN(C[C@@H](O)c2c[nH]c3ccccc23)CC1. The number of aliphatic hydroxyl groups is 1. The van der Waals surface area contributed by atoms with Gasteiger partial charge in [-0.25, -0.2) is 5.01 Å². The second-order valence-corrected chi connectivity index (χ2v) is 5.14. The van der Waals surface area contributed by atoms with E-state index in [1.807, 2.05) is 35.5 Å². The van der Waals surface area contributed by atoms with Crippen LogP contribution in [0.15, 0.2) is 30.5 Å². The summed E-state index contributed by atoms with van der Waals surface area (Å²) in [4.78, 5) is 5.47. The summed E-state index contributed by atoms with van der Waals surface area (Å²) in [5.41, 5.74) is 2.05. The van der Waals surface area contributed by atoms with Gasteiger partial charge >= 0.3 is 0 Å². The van der Waals surface area contributed by atoms with Crippen LogP contribution in [0, 0.1) is 0 Å². The molecule has 1 aromatic carbocycles. The first-order chi connectivity index (χ1) is 9.24. The molecule has 1 aromatic heterocycles. The van der Waals surface area contributed by atoms with Gasteiger partial charge in [-0.3, -0.25) is 10.7 Å². The molecular weight excluding hydrogens is 240 g/mol. The van der Waals surface area contributed by atoms with Crippen molar-refractivity contribution in [3.05, 3.63) is 36.0 Å². The second-order valence-electron chi connectivity index (χ2n) is 5.14. The summed E-state index contributed by atoms with van der Waals surface area (Å²) in [6, 6.07) is 8.07. The fourth-order valence-corrected chi connectivity index (χ4v) is 2.66. The Morgan fingerprint density at radius 3 is 2.74 bits per heavy atom. The number of nitrogens with two attached hydrogens (primary N) is 1. The number of β-amino-alcohol motifs (C(OH)–C–C–N with tert-alkyl or cyclic N) is 1. The lowest BCUT2D eigenvalue weighted by Gasteiger charge is -2.33. The van der Waals surface area contributed by atoms with Crippen molar-refractivity contribution in [1.29, 1.82) is 0 Å². The number of para-hydroxylation sites is 1. The van der Waals surface area contributed by atoms with Crippen LogP contribution in [-0.4, -0.2) is 52.7 Å². The van der Waals surface area contributed by atoms with Crippen LogP contribution in [0.2, 0.25) is 0 Å². The number of aromatic nitrogens is 1. The minimum absolute atomic E-state index is 0.458. The van der Waals surface area contributed by atoms with Gasteiger partial charge in [0.05, 0.1) is 6.10 Å². The average molecular weight is 260 g/mol. The van der Waals surface area contributed by atoms with Gasteiger partial charge < -0.3 is 10.1 Å².